The molecule has 1 aromatic heterocycles. The number of hydrogen-bond acceptors (Lipinski definition) is 2. The van der Waals surface area contributed by atoms with E-state index in [0.29, 0.717) is 19.8 Å². The zero-order chi connectivity index (χ0) is 19.7. The summed E-state index contributed by atoms with van der Waals surface area (Å²) in [6, 6.07) is 15.0. The van der Waals surface area contributed by atoms with E-state index in [1.807, 2.05) is 18.9 Å². The molecule has 4 heteroatoms. The first kappa shape index (κ1) is 16.8. The minimum absolute atomic E-state index is 0.134. The summed E-state index contributed by atoms with van der Waals surface area (Å²) in [5.74, 6) is 0.134. The van der Waals surface area contributed by atoms with Crippen LogP contribution in [0, 0.1) is 0 Å². The van der Waals surface area contributed by atoms with Crippen molar-refractivity contribution in [2.24, 2.45) is 0 Å². The van der Waals surface area contributed by atoms with Gasteiger partial charge in [-0.1, -0.05) is 30.3 Å². The lowest BCUT2D eigenvalue weighted by Gasteiger charge is -2.10. The highest BCUT2D eigenvalue weighted by Gasteiger charge is 2.36. The van der Waals surface area contributed by atoms with Gasteiger partial charge >= 0.3 is 0 Å². The number of aromatic nitrogens is 1. The van der Waals surface area contributed by atoms with Crippen LogP contribution < -0.4 is 0 Å². The highest BCUT2D eigenvalue weighted by atomic mass is 16.5. The SMILES string of the molecule is CCOCc1ccc2[nH]c3c4c(c5c(c3c2c1)CN(C)C5=O)-c1ccccc1C4. The second kappa shape index (κ2) is 5.94. The molecule has 0 radical (unpaired) electrons. The quantitative estimate of drug-likeness (QED) is 0.476. The summed E-state index contributed by atoms with van der Waals surface area (Å²) in [7, 11) is 1.90. The standard InChI is InChI=1S/C25H22N2O2/c1-3-29-13-14-8-9-20-17(10-14)22-19-12-27(2)25(28)23(19)21-16-7-5-4-6-15(16)11-18(21)24(22)26-20/h4-10,26H,3,11-13H2,1-2H3. The molecular weight excluding hydrogens is 360 g/mol. The van der Waals surface area contributed by atoms with E-state index in [9.17, 15) is 4.79 Å². The Labute approximate surface area is 169 Å². The average Bonchev–Trinajstić information content (AvgIpc) is 3.38. The van der Waals surface area contributed by atoms with E-state index < -0.39 is 0 Å². The molecule has 0 fully saturated rings. The van der Waals surface area contributed by atoms with Gasteiger partial charge in [0.15, 0.2) is 0 Å². The van der Waals surface area contributed by atoms with Crippen molar-refractivity contribution in [3.63, 3.8) is 0 Å². The van der Waals surface area contributed by atoms with Crippen LogP contribution in [0.4, 0.5) is 0 Å². The Kier molecular flexibility index (Phi) is 3.44. The van der Waals surface area contributed by atoms with Crippen molar-refractivity contribution < 1.29 is 9.53 Å². The first-order chi connectivity index (χ1) is 14.2. The molecule has 6 rings (SSSR count). The van der Waals surface area contributed by atoms with Gasteiger partial charge in [0.2, 0.25) is 0 Å². The number of rotatable bonds is 3. The van der Waals surface area contributed by atoms with Crippen LogP contribution in [0.2, 0.25) is 0 Å². The van der Waals surface area contributed by atoms with Crippen molar-refractivity contribution in [3.8, 4) is 11.1 Å². The molecule has 0 saturated heterocycles. The zero-order valence-corrected chi connectivity index (χ0v) is 16.6. The van der Waals surface area contributed by atoms with Gasteiger partial charge in [-0.15, -0.1) is 0 Å². The molecular formula is C25H22N2O2. The predicted molar refractivity (Wildman–Crippen MR) is 115 cm³/mol. The first-order valence-electron chi connectivity index (χ1n) is 10.2. The molecule has 0 unspecified atom stereocenters. The van der Waals surface area contributed by atoms with E-state index in [-0.39, 0.29) is 5.91 Å². The molecule has 1 aliphatic carbocycles. The number of benzene rings is 3. The Hall–Kier alpha value is -3.11. The van der Waals surface area contributed by atoms with Crippen molar-refractivity contribution in [1.29, 1.82) is 0 Å². The third-order valence-electron chi connectivity index (χ3n) is 6.40. The van der Waals surface area contributed by atoms with E-state index in [1.54, 1.807) is 0 Å². The van der Waals surface area contributed by atoms with E-state index in [2.05, 4.69) is 47.4 Å². The third-order valence-corrected chi connectivity index (χ3v) is 6.40. The van der Waals surface area contributed by atoms with Crippen LogP contribution in [0.1, 0.15) is 39.5 Å². The highest BCUT2D eigenvalue weighted by molar-refractivity contribution is 6.19. The van der Waals surface area contributed by atoms with Crippen LogP contribution in [-0.2, 0) is 24.3 Å². The molecule has 29 heavy (non-hydrogen) atoms. The van der Waals surface area contributed by atoms with E-state index >= 15 is 0 Å². The number of nitrogens with one attached hydrogen (secondary N) is 1. The molecule has 4 nitrogen and oxygen atoms in total. The number of ether oxygens (including phenoxy) is 1. The molecule has 1 N–H and O–H groups in total. The van der Waals surface area contributed by atoms with Crippen LogP contribution in [0.3, 0.4) is 0 Å². The molecule has 144 valence electrons. The number of fused-ring (bicyclic) bond motifs is 10. The molecule has 0 atom stereocenters. The predicted octanol–water partition coefficient (Wildman–Crippen LogP) is 5.01. The fourth-order valence-corrected chi connectivity index (χ4v) is 5.12. The number of carbonyl (C=O) groups excluding carboxylic acids is 1. The Morgan fingerprint density at radius 2 is 1.97 bits per heavy atom. The van der Waals surface area contributed by atoms with Gasteiger partial charge in [-0.25, -0.2) is 0 Å². The van der Waals surface area contributed by atoms with Gasteiger partial charge < -0.3 is 14.6 Å². The summed E-state index contributed by atoms with van der Waals surface area (Å²) in [4.78, 5) is 18.7. The summed E-state index contributed by atoms with van der Waals surface area (Å²) < 4.78 is 5.63. The Morgan fingerprint density at radius 3 is 2.83 bits per heavy atom. The lowest BCUT2D eigenvalue weighted by molar-refractivity contribution is 0.0817. The first-order valence-corrected chi connectivity index (χ1v) is 10.2. The summed E-state index contributed by atoms with van der Waals surface area (Å²) in [5, 5.41) is 2.40. The fraction of sp³-hybridized carbons (Fsp3) is 0.240. The molecule has 0 bridgehead atoms. The molecule has 2 aliphatic rings. The molecule has 0 spiro atoms. The van der Waals surface area contributed by atoms with E-state index in [4.69, 9.17) is 4.74 Å². The number of hydrogen-bond donors (Lipinski definition) is 1. The maximum atomic E-state index is 13.2. The zero-order valence-electron chi connectivity index (χ0n) is 16.6. The van der Waals surface area contributed by atoms with E-state index in [1.165, 1.54) is 33.0 Å². The third kappa shape index (κ3) is 2.21. The largest absolute Gasteiger partial charge is 0.377 e. The van der Waals surface area contributed by atoms with Gasteiger partial charge in [0.1, 0.15) is 0 Å². The summed E-state index contributed by atoms with van der Waals surface area (Å²) >= 11 is 0. The summed E-state index contributed by atoms with van der Waals surface area (Å²) in [6.45, 7) is 3.98. The van der Waals surface area contributed by atoms with Gasteiger partial charge in [-0.2, -0.15) is 0 Å². The molecule has 0 saturated carbocycles. The van der Waals surface area contributed by atoms with Crippen molar-refractivity contribution >= 4 is 27.7 Å². The van der Waals surface area contributed by atoms with Crippen molar-refractivity contribution in [3.05, 3.63) is 70.3 Å². The van der Waals surface area contributed by atoms with Crippen LogP contribution in [-0.4, -0.2) is 29.4 Å². The Balaban J connectivity index is 1.72. The minimum Gasteiger partial charge on any atom is -0.377 e. The normalized spacial score (nSPS) is 14.7. The number of H-pyrrole nitrogens is 1. The maximum Gasteiger partial charge on any atom is 0.254 e. The van der Waals surface area contributed by atoms with Crippen molar-refractivity contribution in [2.75, 3.05) is 13.7 Å². The lowest BCUT2D eigenvalue weighted by Crippen LogP contribution is -2.18. The lowest BCUT2D eigenvalue weighted by atomic mass is 9.92. The Bertz CT molecular complexity index is 1330. The average molecular weight is 382 g/mol. The fourth-order valence-electron chi connectivity index (χ4n) is 5.12. The molecule has 1 aliphatic heterocycles. The maximum absolute atomic E-state index is 13.2. The van der Waals surface area contributed by atoms with Crippen LogP contribution in [0.15, 0.2) is 42.5 Å². The van der Waals surface area contributed by atoms with Crippen molar-refractivity contribution in [2.45, 2.75) is 26.5 Å². The van der Waals surface area contributed by atoms with Gasteiger partial charge in [-0.3, -0.25) is 4.79 Å². The van der Waals surface area contributed by atoms with E-state index in [0.717, 1.165) is 34.2 Å². The molecule has 1 amide bonds. The number of aromatic amines is 1. The molecule has 4 aromatic rings. The van der Waals surface area contributed by atoms with Gasteiger partial charge in [0, 0.05) is 48.5 Å². The Morgan fingerprint density at radius 1 is 1.10 bits per heavy atom. The number of amides is 1. The monoisotopic (exact) mass is 382 g/mol. The topological polar surface area (TPSA) is 45.3 Å². The number of nitrogens with zero attached hydrogens (tertiary/aromatic N) is 1. The van der Waals surface area contributed by atoms with Crippen LogP contribution in [0.5, 0.6) is 0 Å². The van der Waals surface area contributed by atoms with Crippen LogP contribution in [0.25, 0.3) is 32.9 Å². The smallest absolute Gasteiger partial charge is 0.254 e. The van der Waals surface area contributed by atoms with Gasteiger partial charge in [0.25, 0.3) is 5.91 Å². The summed E-state index contributed by atoms with van der Waals surface area (Å²) in [6.07, 6.45) is 0.866. The van der Waals surface area contributed by atoms with Gasteiger partial charge in [-0.05, 0) is 46.9 Å². The minimum atomic E-state index is 0.134. The second-order valence-corrected chi connectivity index (χ2v) is 8.09. The molecule has 2 heterocycles. The summed E-state index contributed by atoms with van der Waals surface area (Å²) in [5.41, 5.74) is 10.4. The second-order valence-electron chi connectivity index (χ2n) is 8.09. The molecule has 3 aromatic carbocycles. The van der Waals surface area contributed by atoms with Gasteiger partial charge in [0.05, 0.1) is 17.7 Å². The highest BCUT2D eigenvalue weighted by Crippen LogP contribution is 2.48. The van der Waals surface area contributed by atoms with Crippen molar-refractivity contribution in [1.82, 2.24) is 9.88 Å². The number of carbonyl (C=O) groups is 1. The van der Waals surface area contributed by atoms with Crippen LogP contribution >= 0.6 is 0 Å².